The number of ether oxygens (including phenoxy) is 1. The van der Waals surface area contributed by atoms with Gasteiger partial charge in [0, 0.05) is 37.4 Å². The number of hydrogen-bond acceptors (Lipinski definition) is 6. The molecule has 0 saturated carbocycles. The molecular formula is C24H29N5O3. The van der Waals surface area contributed by atoms with Gasteiger partial charge in [0.25, 0.3) is 5.91 Å². The number of aliphatic hydroxyl groups is 1. The van der Waals surface area contributed by atoms with E-state index in [1.807, 2.05) is 23.1 Å². The Hall–Kier alpha value is -3.39. The van der Waals surface area contributed by atoms with Gasteiger partial charge in [-0.1, -0.05) is 35.5 Å². The summed E-state index contributed by atoms with van der Waals surface area (Å²) in [6, 6.07) is 13.6. The number of piperazine rings is 1. The lowest BCUT2D eigenvalue weighted by Gasteiger charge is -2.36. The minimum Gasteiger partial charge on any atom is -0.496 e. The predicted molar refractivity (Wildman–Crippen MR) is 122 cm³/mol. The van der Waals surface area contributed by atoms with Crippen LogP contribution in [0, 0.1) is 13.8 Å². The summed E-state index contributed by atoms with van der Waals surface area (Å²) in [6.45, 7) is 7.24. The van der Waals surface area contributed by atoms with Crippen LogP contribution in [0.4, 0.5) is 5.69 Å². The van der Waals surface area contributed by atoms with Gasteiger partial charge in [0.15, 0.2) is 5.69 Å². The van der Waals surface area contributed by atoms with Gasteiger partial charge < -0.3 is 19.6 Å². The second-order valence-corrected chi connectivity index (χ2v) is 8.08. The summed E-state index contributed by atoms with van der Waals surface area (Å²) in [5.74, 6) is 0.474. The van der Waals surface area contributed by atoms with Crippen LogP contribution in [-0.4, -0.2) is 64.2 Å². The molecule has 1 aliphatic rings. The van der Waals surface area contributed by atoms with Crippen LogP contribution in [-0.2, 0) is 6.54 Å². The number of carbonyl (C=O) groups is 1. The second-order valence-electron chi connectivity index (χ2n) is 8.08. The van der Waals surface area contributed by atoms with Gasteiger partial charge in [-0.05, 0) is 37.1 Å². The Balaban J connectivity index is 1.37. The first-order chi connectivity index (χ1) is 15.5. The maximum Gasteiger partial charge on any atom is 0.276 e. The van der Waals surface area contributed by atoms with Gasteiger partial charge in [-0.15, -0.1) is 5.10 Å². The second kappa shape index (κ2) is 9.40. The monoisotopic (exact) mass is 435 g/mol. The lowest BCUT2D eigenvalue weighted by atomic mass is 10.1. The van der Waals surface area contributed by atoms with Crippen LogP contribution in [0.1, 0.15) is 33.3 Å². The molecular weight excluding hydrogens is 406 g/mol. The average Bonchev–Trinajstić information content (AvgIpc) is 3.29. The number of nitrogens with zero attached hydrogens (tertiary/aromatic N) is 5. The van der Waals surface area contributed by atoms with Crippen LogP contribution in [0.5, 0.6) is 5.75 Å². The zero-order valence-electron chi connectivity index (χ0n) is 18.7. The molecule has 1 atom stereocenters. The Labute approximate surface area is 188 Å². The molecule has 2 heterocycles. The molecule has 4 rings (SSSR count). The maximum absolute atomic E-state index is 12.9. The van der Waals surface area contributed by atoms with E-state index in [4.69, 9.17) is 4.74 Å². The van der Waals surface area contributed by atoms with Crippen LogP contribution in [0.2, 0.25) is 0 Å². The van der Waals surface area contributed by atoms with Crippen molar-refractivity contribution in [3.8, 4) is 5.75 Å². The maximum atomic E-state index is 12.9. The van der Waals surface area contributed by atoms with Gasteiger partial charge in [0.05, 0.1) is 19.9 Å². The Morgan fingerprint density at radius 2 is 1.84 bits per heavy atom. The molecule has 2 aromatic carbocycles. The molecule has 1 saturated heterocycles. The number of para-hydroxylation sites is 1. The fourth-order valence-electron chi connectivity index (χ4n) is 4.09. The van der Waals surface area contributed by atoms with Gasteiger partial charge in [-0.3, -0.25) is 4.79 Å². The van der Waals surface area contributed by atoms with E-state index in [9.17, 15) is 9.90 Å². The first-order valence-electron chi connectivity index (χ1n) is 10.8. The van der Waals surface area contributed by atoms with Crippen molar-refractivity contribution in [2.24, 2.45) is 0 Å². The lowest BCUT2D eigenvalue weighted by molar-refractivity contribution is 0.0740. The number of carbonyl (C=O) groups excluding carboxylic acids is 1. The summed E-state index contributed by atoms with van der Waals surface area (Å²) in [5.41, 5.74) is 4.74. The van der Waals surface area contributed by atoms with Gasteiger partial charge in [0.1, 0.15) is 11.9 Å². The largest absolute Gasteiger partial charge is 0.496 e. The van der Waals surface area contributed by atoms with E-state index in [0.29, 0.717) is 24.4 Å². The van der Waals surface area contributed by atoms with Crippen LogP contribution >= 0.6 is 0 Å². The molecule has 0 radical (unpaired) electrons. The molecule has 1 aromatic heterocycles. The van der Waals surface area contributed by atoms with Crippen LogP contribution < -0.4 is 9.64 Å². The standard InChI is InChI=1S/C24H29N5O3/c1-17-7-6-9-21(18(17)2)27-11-13-28(14-12-27)24(31)20-15-29(26-25-20)16-22(30)19-8-4-5-10-23(19)32-3/h4-10,15,22,30H,11-14,16H2,1-3H3/t22-/m0/s1. The van der Waals surface area contributed by atoms with Crippen molar-refractivity contribution in [3.05, 3.63) is 71.0 Å². The number of anilines is 1. The van der Waals surface area contributed by atoms with Crippen LogP contribution in [0.3, 0.4) is 0 Å². The average molecular weight is 436 g/mol. The summed E-state index contributed by atoms with van der Waals surface area (Å²) in [5, 5.41) is 18.7. The third-order valence-electron chi connectivity index (χ3n) is 6.10. The van der Waals surface area contributed by atoms with Crippen molar-refractivity contribution in [1.29, 1.82) is 0 Å². The van der Waals surface area contributed by atoms with E-state index in [2.05, 4.69) is 47.3 Å². The molecule has 32 heavy (non-hydrogen) atoms. The molecule has 1 aliphatic heterocycles. The molecule has 1 fully saturated rings. The Morgan fingerprint density at radius 3 is 2.59 bits per heavy atom. The highest BCUT2D eigenvalue weighted by atomic mass is 16.5. The Kier molecular flexibility index (Phi) is 6.41. The Morgan fingerprint density at radius 1 is 1.09 bits per heavy atom. The van der Waals surface area contributed by atoms with E-state index in [0.717, 1.165) is 13.1 Å². The van der Waals surface area contributed by atoms with Crippen molar-refractivity contribution in [2.75, 3.05) is 38.2 Å². The highest BCUT2D eigenvalue weighted by molar-refractivity contribution is 5.92. The molecule has 0 spiro atoms. The summed E-state index contributed by atoms with van der Waals surface area (Å²) < 4.78 is 6.81. The highest BCUT2D eigenvalue weighted by Gasteiger charge is 2.25. The summed E-state index contributed by atoms with van der Waals surface area (Å²) >= 11 is 0. The number of aliphatic hydroxyl groups excluding tert-OH is 1. The Bertz CT molecular complexity index is 1090. The van der Waals surface area contributed by atoms with Crippen LogP contribution in [0.25, 0.3) is 0 Å². The summed E-state index contributed by atoms with van der Waals surface area (Å²) in [7, 11) is 1.57. The number of benzene rings is 2. The third-order valence-corrected chi connectivity index (χ3v) is 6.10. The fourth-order valence-corrected chi connectivity index (χ4v) is 4.09. The first kappa shape index (κ1) is 21.8. The number of methoxy groups -OCH3 is 1. The SMILES string of the molecule is COc1ccccc1[C@@H](O)Cn1cc(C(=O)N2CCN(c3cccc(C)c3C)CC2)nn1. The van der Waals surface area contributed by atoms with E-state index >= 15 is 0 Å². The molecule has 0 unspecified atom stereocenters. The van der Waals surface area contributed by atoms with Gasteiger partial charge in [0.2, 0.25) is 0 Å². The topological polar surface area (TPSA) is 83.7 Å². The van der Waals surface area contributed by atoms with E-state index < -0.39 is 6.10 Å². The highest BCUT2D eigenvalue weighted by Crippen LogP contribution is 2.26. The van der Waals surface area contributed by atoms with Gasteiger partial charge in [-0.25, -0.2) is 4.68 Å². The molecule has 8 nitrogen and oxygen atoms in total. The zero-order valence-corrected chi connectivity index (χ0v) is 18.7. The predicted octanol–water partition coefficient (Wildman–Crippen LogP) is 2.60. The van der Waals surface area contributed by atoms with Crippen molar-refractivity contribution in [1.82, 2.24) is 19.9 Å². The van der Waals surface area contributed by atoms with Crippen molar-refractivity contribution < 1.29 is 14.6 Å². The molecule has 1 amide bonds. The molecule has 168 valence electrons. The number of aromatic nitrogens is 3. The smallest absolute Gasteiger partial charge is 0.276 e. The zero-order chi connectivity index (χ0) is 22.7. The number of aryl methyl sites for hydroxylation is 1. The minimum atomic E-state index is -0.822. The third kappa shape index (κ3) is 4.45. The van der Waals surface area contributed by atoms with Crippen molar-refractivity contribution in [2.45, 2.75) is 26.5 Å². The van der Waals surface area contributed by atoms with Crippen molar-refractivity contribution >= 4 is 11.6 Å². The molecule has 0 aliphatic carbocycles. The minimum absolute atomic E-state index is 0.136. The fraction of sp³-hybridized carbons (Fsp3) is 0.375. The number of amides is 1. The number of rotatable bonds is 6. The first-order valence-corrected chi connectivity index (χ1v) is 10.8. The normalized spacial score (nSPS) is 15.0. The lowest BCUT2D eigenvalue weighted by Crippen LogP contribution is -2.49. The molecule has 3 aromatic rings. The summed E-state index contributed by atoms with van der Waals surface area (Å²) in [6.07, 6.45) is 0.773. The van der Waals surface area contributed by atoms with Crippen LogP contribution in [0.15, 0.2) is 48.7 Å². The summed E-state index contributed by atoms with van der Waals surface area (Å²) in [4.78, 5) is 17.1. The van der Waals surface area contributed by atoms with E-state index in [1.54, 1.807) is 19.4 Å². The number of hydrogen-bond donors (Lipinski definition) is 1. The van der Waals surface area contributed by atoms with Gasteiger partial charge in [-0.2, -0.15) is 0 Å². The quantitative estimate of drug-likeness (QED) is 0.641. The van der Waals surface area contributed by atoms with E-state index in [1.165, 1.54) is 21.5 Å². The molecule has 0 bridgehead atoms. The molecule has 1 N–H and O–H groups in total. The van der Waals surface area contributed by atoms with Crippen molar-refractivity contribution in [3.63, 3.8) is 0 Å². The van der Waals surface area contributed by atoms with Gasteiger partial charge >= 0.3 is 0 Å². The van der Waals surface area contributed by atoms with E-state index in [-0.39, 0.29) is 18.1 Å². The molecule has 8 heteroatoms.